The fraction of sp³-hybridized carbons (Fsp3) is 0.308. The van der Waals surface area contributed by atoms with Gasteiger partial charge in [0, 0.05) is 6.54 Å². The summed E-state index contributed by atoms with van der Waals surface area (Å²) in [5.74, 6) is 0. The van der Waals surface area contributed by atoms with Gasteiger partial charge in [-0.2, -0.15) is 0 Å². The highest BCUT2D eigenvalue weighted by Crippen LogP contribution is 2.00. The Bertz CT molecular complexity index is 380. The zero-order valence-corrected chi connectivity index (χ0v) is 9.95. The number of rotatable bonds is 6. The molecule has 1 aromatic carbocycles. The molecular formula is C13H17NO4. The maximum absolute atomic E-state index is 11.3. The largest absolute Gasteiger partial charge is 0.445 e. The van der Waals surface area contributed by atoms with Gasteiger partial charge in [0.05, 0.1) is 6.10 Å². The van der Waals surface area contributed by atoms with Crippen molar-refractivity contribution < 1.29 is 19.7 Å². The molecule has 2 unspecified atom stereocenters. The molecule has 1 amide bonds. The fourth-order valence-corrected chi connectivity index (χ4v) is 1.24. The van der Waals surface area contributed by atoms with Crippen LogP contribution in [0.2, 0.25) is 0 Å². The van der Waals surface area contributed by atoms with Gasteiger partial charge in [0.2, 0.25) is 0 Å². The Kier molecular flexibility index (Phi) is 5.90. The molecule has 98 valence electrons. The molecule has 5 nitrogen and oxygen atoms in total. The van der Waals surface area contributed by atoms with E-state index in [0.29, 0.717) is 0 Å². The summed E-state index contributed by atoms with van der Waals surface area (Å²) in [6.07, 6.45) is -1.61. The molecule has 1 aromatic rings. The van der Waals surface area contributed by atoms with Crippen LogP contribution in [0.1, 0.15) is 5.56 Å². The molecule has 0 fully saturated rings. The summed E-state index contributed by atoms with van der Waals surface area (Å²) >= 11 is 0. The highest BCUT2D eigenvalue weighted by Gasteiger charge is 2.13. The molecule has 18 heavy (non-hydrogen) atoms. The zero-order chi connectivity index (χ0) is 13.4. The van der Waals surface area contributed by atoms with Gasteiger partial charge in [-0.15, -0.1) is 6.58 Å². The van der Waals surface area contributed by atoms with Crippen molar-refractivity contribution in [2.75, 3.05) is 6.54 Å². The number of hydrogen-bond acceptors (Lipinski definition) is 4. The third-order valence-corrected chi connectivity index (χ3v) is 2.30. The molecule has 0 spiro atoms. The highest BCUT2D eigenvalue weighted by molar-refractivity contribution is 5.67. The molecule has 1 rings (SSSR count). The summed E-state index contributed by atoms with van der Waals surface area (Å²) in [7, 11) is 0. The quantitative estimate of drug-likeness (QED) is 0.654. The van der Waals surface area contributed by atoms with Crippen LogP contribution in [0.25, 0.3) is 0 Å². The van der Waals surface area contributed by atoms with Crippen molar-refractivity contribution in [2.45, 2.75) is 18.8 Å². The van der Waals surface area contributed by atoms with E-state index in [1.165, 1.54) is 6.08 Å². The topological polar surface area (TPSA) is 78.8 Å². The minimum atomic E-state index is -1.09. The molecule has 0 aliphatic carbocycles. The minimum absolute atomic E-state index is 0.0964. The highest BCUT2D eigenvalue weighted by atomic mass is 16.5. The van der Waals surface area contributed by atoms with Crippen molar-refractivity contribution in [3.05, 3.63) is 48.6 Å². The van der Waals surface area contributed by atoms with Crippen molar-refractivity contribution in [3.8, 4) is 0 Å². The Hall–Kier alpha value is -1.85. The van der Waals surface area contributed by atoms with Gasteiger partial charge in [-0.3, -0.25) is 0 Å². The van der Waals surface area contributed by atoms with Gasteiger partial charge in [-0.1, -0.05) is 36.4 Å². The predicted octanol–water partition coefficient (Wildman–Crippen LogP) is 0.821. The molecule has 5 heteroatoms. The van der Waals surface area contributed by atoms with E-state index in [2.05, 4.69) is 11.9 Å². The Morgan fingerprint density at radius 1 is 1.39 bits per heavy atom. The number of amides is 1. The van der Waals surface area contributed by atoms with Crippen molar-refractivity contribution in [1.29, 1.82) is 0 Å². The van der Waals surface area contributed by atoms with E-state index in [-0.39, 0.29) is 13.2 Å². The second kappa shape index (κ2) is 7.47. The van der Waals surface area contributed by atoms with Crippen LogP contribution < -0.4 is 5.32 Å². The van der Waals surface area contributed by atoms with E-state index in [4.69, 9.17) is 4.74 Å². The molecule has 3 N–H and O–H groups in total. The molecule has 0 heterocycles. The molecule has 0 aliphatic heterocycles. The van der Waals surface area contributed by atoms with Crippen LogP contribution in [0.3, 0.4) is 0 Å². The van der Waals surface area contributed by atoms with Gasteiger partial charge in [-0.05, 0) is 5.56 Å². The number of benzene rings is 1. The third kappa shape index (κ3) is 4.99. The first-order chi connectivity index (χ1) is 8.63. The first-order valence-electron chi connectivity index (χ1n) is 5.56. The minimum Gasteiger partial charge on any atom is -0.445 e. The molecule has 0 aromatic heterocycles. The Morgan fingerprint density at radius 2 is 2.06 bits per heavy atom. The third-order valence-electron chi connectivity index (χ3n) is 2.30. The van der Waals surface area contributed by atoms with Crippen LogP contribution in [-0.2, 0) is 11.3 Å². The van der Waals surface area contributed by atoms with Crippen LogP contribution in [0.15, 0.2) is 43.0 Å². The number of alkyl carbamates (subject to hydrolysis) is 1. The van der Waals surface area contributed by atoms with Crippen LogP contribution in [0, 0.1) is 0 Å². The second-order valence-electron chi connectivity index (χ2n) is 3.74. The summed E-state index contributed by atoms with van der Waals surface area (Å²) < 4.78 is 4.92. The number of nitrogens with one attached hydrogen (secondary N) is 1. The summed E-state index contributed by atoms with van der Waals surface area (Å²) in [6, 6.07) is 9.24. The molecular weight excluding hydrogens is 234 g/mol. The van der Waals surface area contributed by atoms with Gasteiger partial charge in [0.15, 0.2) is 0 Å². The standard InChI is InChI=1S/C13H17NO4/c1-2-11(15)12(16)8-14-13(17)18-9-10-6-4-3-5-7-10/h2-7,11-12,15-16H,1,8-9H2,(H,14,17). The number of aliphatic hydroxyl groups excluding tert-OH is 2. The van der Waals surface area contributed by atoms with Crippen molar-refractivity contribution in [2.24, 2.45) is 0 Å². The van der Waals surface area contributed by atoms with E-state index in [1.54, 1.807) is 0 Å². The number of carbonyl (C=O) groups excluding carboxylic acids is 1. The molecule has 0 saturated carbocycles. The first kappa shape index (κ1) is 14.2. The summed E-state index contributed by atoms with van der Waals surface area (Å²) in [5, 5.41) is 20.9. The van der Waals surface area contributed by atoms with E-state index in [9.17, 15) is 15.0 Å². The normalized spacial score (nSPS) is 13.4. The smallest absolute Gasteiger partial charge is 0.407 e. The van der Waals surface area contributed by atoms with Crippen LogP contribution in [0.5, 0.6) is 0 Å². The van der Waals surface area contributed by atoms with Crippen molar-refractivity contribution in [1.82, 2.24) is 5.32 Å². The SMILES string of the molecule is C=CC(O)C(O)CNC(=O)OCc1ccccc1. The van der Waals surface area contributed by atoms with Crippen LogP contribution >= 0.6 is 0 Å². The van der Waals surface area contributed by atoms with Gasteiger partial charge in [-0.25, -0.2) is 4.79 Å². The lowest BCUT2D eigenvalue weighted by Crippen LogP contribution is -2.38. The lowest BCUT2D eigenvalue weighted by atomic mass is 10.2. The number of aliphatic hydroxyl groups is 2. The van der Waals surface area contributed by atoms with E-state index in [0.717, 1.165) is 5.56 Å². The average molecular weight is 251 g/mol. The number of ether oxygens (including phenoxy) is 1. The van der Waals surface area contributed by atoms with Crippen LogP contribution in [-0.4, -0.2) is 35.1 Å². The Balaban J connectivity index is 2.24. The summed E-state index contributed by atoms with van der Waals surface area (Å²) in [5.41, 5.74) is 0.874. The molecule has 0 saturated heterocycles. The zero-order valence-electron chi connectivity index (χ0n) is 9.95. The van der Waals surface area contributed by atoms with Crippen molar-refractivity contribution in [3.63, 3.8) is 0 Å². The van der Waals surface area contributed by atoms with Gasteiger partial charge >= 0.3 is 6.09 Å². The Morgan fingerprint density at radius 3 is 2.67 bits per heavy atom. The number of hydrogen-bond donors (Lipinski definition) is 3. The van der Waals surface area contributed by atoms with Gasteiger partial charge < -0.3 is 20.3 Å². The fourth-order valence-electron chi connectivity index (χ4n) is 1.24. The average Bonchev–Trinajstić information content (AvgIpc) is 2.42. The lowest BCUT2D eigenvalue weighted by molar-refractivity contribution is 0.0473. The molecule has 0 aliphatic rings. The molecule has 0 radical (unpaired) electrons. The summed E-state index contributed by atoms with van der Waals surface area (Å²) in [4.78, 5) is 11.3. The van der Waals surface area contributed by atoms with Crippen molar-refractivity contribution >= 4 is 6.09 Å². The maximum atomic E-state index is 11.3. The van der Waals surface area contributed by atoms with Gasteiger partial charge in [0.25, 0.3) is 0 Å². The lowest BCUT2D eigenvalue weighted by Gasteiger charge is -2.14. The summed E-state index contributed by atoms with van der Waals surface area (Å²) in [6.45, 7) is 3.39. The maximum Gasteiger partial charge on any atom is 0.407 e. The van der Waals surface area contributed by atoms with Gasteiger partial charge in [0.1, 0.15) is 12.7 Å². The monoisotopic (exact) mass is 251 g/mol. The first-order valence-corrected chi connectivity index (χ1v) is 5.56. The molecule has 0 bridgehead atoms. The predicted molar refractivity (Wildman–Crippen MR) is 66.8 cm³/mol. The number of carbonyl (C=O) groups is 1. The Labute approximate surface area is 106 Å². The molecule has 2 atom stereocenters. The van der Waals surface area contributed by atoms with Crippen LogP contribution in [0.4, 0.5) is 4.79 Å². The second-order valence-corrected chi connectivity index (χ2v) is 3.74. The van der Waals surface area contributed by atoms with E-state index >= 15 is 0 Å². The van der Waals surface area contributed by atoms with E-state index < -0.39 is 18.3 Å². The van der Waals surface area contributed by atoms with E-state index in [1.807, 2.05) is 30.3 Å².